The first-order chi connectivity index (χ1) is 13.0. The number of nitrogens with zero attached hydrogens (tertiary/aromatic N) is 2. The molecule has 2 saturated heterocycles. The van der Waals surface area contributed by atoms with Crippen molar-refractivity contribution < 1.29 is 14.3 Å². The smallest absolute Gasteiger partial charge is 0.321 e. The maximum absolute atomic E-state index is 12.6. The number of hydrogen-bond donors (Lipinski definition) is 1. The Kier molecular flexibility index (Phi) is 6.60. The number of ether oxygens (including phenoxy) is 1. The van der Waals surface area contributed by atoms with Gasteiger partial charge in [0.25, 0.3) is 0 Å². The number of anilines is 1. The van der Waals surface area contributed by atoms with Crippen molar-refractivity contribution in [3.8, 4) is 0 Å². The van der Waals surface area contributed by atoms with Crippen LogP contribution in [0, 0.1) is 6.92 Å². The molecule has 2 aliphatic heterocycles. The zero-order valence-electron chi connectivity index (χ0n) is 16.0. The number of aryl methyl sites for hydroxylation is 1. The van der Waals surface area contributed by atoms with Gasteiger partial charge in [-0.3, -0.25) is 4.79 Å². The van der Waals surface area contributed by atoms with Crippen LogP contribution in [-0.2, 0) is 9.53 Å². The van der Waals surface area contributed by atoms with Crippen LogP contribution in [-0.4, -0.2) is 60.1 Å². The number of piperidine rings is 1. The Morgan fingerprint density at radius 1 is 1.15 bits per heavy atom. The first kappa shape index (κ1) is 20.0. The maximum Gasteiger partial charge on any atom is 0.321 e. The van der Waals surface area contributed by atoms with Crippen LogP contribution in [0.5, 0.6) is 0 Å². The number of nitrogens with one attached hydrogen (secondary N) is 1. The fourth-order valence-electron chi connectivity index (χ4n) is 4.08. The molecule has 148 valence electrons. The van der Waals surface area contributed by atoms with E-state index in [0.29, 0.717) is 18.1 Å². The van der Waals surface area contributed by atoms with E-state index >= 15 is 0 Å². The fourth-order valence-corrected chi connectivity index (χ4v) is 4.31. The van der Waals surface area contributed by atoms with E-state index in [1.54, 1.807) is 13.0 Å². The second-order valence-corrected chi connectivity index (χ2v) is 7.81. The van der Waals surface area contributed by atoms with E-state index in [1.165, 1.54) is 0 Å². The molecule has 1 N–H and O–H groups in total. The molecule has 0 aromatic heterocycles. The summed E-state index contributed by atoms with van der Waals surface area (Å²) in [6.45, 7) is 6.31. The molecule has 3 amide bonds. The van der Waals surface area contributed by atoms with Crippen molar-refractivity contribution in [2.24, 2.45) is 0 Å². The maximum atomic E-state index is 12.6. The summed E-state index contributed by atoms with van der Waals surface area (Å²) in [6.07, 6.45) is 3.42. The lowest BCUT2D eigenvalue weighted by Crippen LogP contribution is -2.53. The summed E-state index contributed by atoms with van der Waals surface area (Å²) in [5, 5.41) is 3.62. The highest BCUT2D eigenvalue weighted by Gasteiger charge is 2.33. The van der Waals surface area contributed by atoms with Gasteiger partial charge in [0.1, 0.15) is 0 Å². The molecule has 6 nitrogen and oxygen atoms in total. The largest absolute Gasteiger partial charge is 0.381 e. The molecule has 27 heavy (non-hydrogen) atoms. The van der Waals surface area contributed by atoms with Gasteiger partial charge in [-0.15, -0.1) is 0 Å². The van der Waals surface area contributed by atoms with Gasteiger partial charge in [-0.05, 0) is 56.4 Å². The van der Waals surface area contributed by atoms with Crippen molar-refractivity contribution in [1.82, 2.24) is 9.80 Å². The predicted molar refractivity (Wildman–Crippen MR) is 106 cm³/mol. The van der Waals surface area contributed by atoms with Crippen molar-refractivity contribution in [1.29, 1.82) is 0 Å². The molecular weight excluding hydrogens is 366 g/mol. The van der Waals surface area contributed by atoms with Crippen LogP contribution in [0.3, 0.4) is 0 Å². The Labute approximate surface area is 165 Å². The molecule has 2 fully saturated rings. The molecule has 0 spiro atoms. The molecule has 2 heterocycles. The minimum Gasteiger partial charge on any atom is -0.381 e. The van der Waals surface area contributed by atoms with Crippen LogP contribution in [0.2, 0.25) is 5.02 Å². The summed E-state index contributed by atoms with van der Waals surface area (Å²) in [5.41, 5.74) is 1.71. The number of carbonyl (C=O) groups excluding carboxylic acids is 2. The van der Waals surface area contributed by atoms with Gasteiger partial charge in [0.2, 0.25) is 5.91 Å². The third-order valence-electron chi connectivity index (χ3n) is 5.52. The monoisotopic (exact) mass is 393 g/mol. The molecule has 0 atom stereocenters. The van der Waals surface area contributed by atoms with Gasteiger partial charge >= 0.3 is 6.03 Å². The van der Waals surface area contributed by atoms with E-state index in [0.717, 1.165) is 50.1 Å². The summed E-state index contributed by atoms with van der Waals surface area (Å²) >= 11 is 5.97. The van der Waals surface area contributed by atoms with Crippen molar-refractivity contribution in [2.45, 2.75) is 51.6 Å². The fraction of sp³-hybridized carbons (Fsp3) is 0.600. The topological polar surface area (TPSA) is 61.9 Å². The van der Waals surface area contributed by atoms with Crippen LogP contribution in [0.4, 0.5) is 10.5 Å². The number of carbonyl (C=O) groups is 2. The van der Waals surface area contributed by atoms with Crippen molar-refractivity contribution in [3.63, 3.8) is 0 Å². The van der Waals surface area contributed by atoms with Gasteiger partial charge < -0.3 is 19.9 Å². The zero-order valence-corrected chi connectivity index (χ0v) is 16.8. The molecule has 0 radical (unpaired) electrons. The number of benzene rings is 1. The number of urea groups is 1. The van der Waals surface area contributed by atoms with Crippen molar-refractivity contribution in [3.05, 3.63) is 28.8 Å². The summed E-state index contributed by atoms with van der Waals surface area (Å²) in [4.78, 5) is 28.7. The summed E-state index contributed by atoms with van der Waals surface area (Å²) in [5.74, 6) is 0.126. The lowest BCUT2D eigenvalue weighted by molar-refractivity contribution is -0.137. The summed E-state index contributed by atoms with van der Waals surface area (Å²) < 4.78 is 5.43. The third-order valence-corrected chi connectivity index (χ3v) is 5.76. The van der Waals surface area contributed by atoms with Crippen LogP contribution >= 0.6 is 11.6 Å². The van der Waals surface area contributed by atoms with E-state index in [1.807, 2.05) is 28.9 Å². The molecule has 0 saturated carbocycles. The quantitative estimate of drug-likeness (QED) is 0.852. The zero-order chi connectivity index (χ0) is 19.4. The highest BCUT2D eigenvalue weighted by atomic mass is 35.5. The van der Waals surface area contributed by atoms with E-state index in [-0.39, 0.29) is 24.0 Å². The second kappa shape index (κ2) is 8.93. The van der Waals surface area contributed by atoms with Gasteiger partial charge in [0.15, 0.2) is 0 Å². The van der Waals surface area contributed by atoms with Gasteiger partial charge in [-0.25, -0.2) is 4.79 Å². The Bertz CT molecular complexity index is 683. The average molecular weight is 394 g/mol. The molecule has 2 aliphatic rings. The summed E-state index contributed by atoms with van der Waals surface area (Å²) in [7, 11) is 0. The molecule has 1 aromatic rings. The second-order valence-electron chi connectivity index (χ2n) is 7.38. The molecule has 7 heteroatoms. The molecule has 0 aliphatic carbocycles. The lowest BCUT2D eigenvalue weighted by atomic mass is 9.98. The third kappa shape index (κ3) is 4.93. The Balaban J connectivity index is 1.57. The Hall–Kier alpha value is -1.79. The van der Waals surface area contributed by atoms with Gasteiger partial charge in [0, 0.05) is 56.0 Å². The Morgan fingerprint density at radius 3 is 2.37 bits per heavy atom. The first-order valence-electron chi connectivity index (χ1n) is 9.64. The number of amides is 3. The SMILES string of the molecule is CC(=O)N(C1CCOCC1)C1CCN(C(=O)Nc2ccc(Cl)cc2C)CC1. The van der Waals surface area contributed by atoms with Gasteiger partial charge in [-0.1, -0.05) is 11.6 Å². The highest BCUT2D eigenvalue weighted by molar-refractivity contribution is 6.30. The molecule has 0 bridgehead atoms. The van der Waals surface area contributed by atoms with Crippen LogP contribution in [0.1, 0.15) is 38.2 Å². The van der Waals surface area contributed by atoms with Crippen LogP contribution in [0.25, 0.3) is 0 Å². The number of halogens is 1. The average Bonchev–Trinajstić information content (AvgIpc) is 2.65. The van der Waals surface area contributed by atoms with E-state index < -0.39 is 0 Å². The number of rotatable bonds is 3. The summed E-state index contributed by atoms with van der Waals surface area (Å²) in [6, 6.07) is 5.80. The lowest BCUT2D eigenvalue weighted by Gasteiger charge is -2.43. The number of likely N-dealkylation sites (tertiary alicyclic amines) is 1. The van der Waals surface area contributed by atoms with Gasteiger partial charge in [-0.2, -0.15) is 0 Å². The first-order valence-corrected chi connectivity index (χ1v) is 10.0. The van der Waals surface area contributed by atoms with Crippen molar-refractivity contribution in [2.75, 3.05) is 31.6 Å². The van der Waals surface area contributed by atoms with E-state index in [9.17, 15) is 9.59 Å². The molecule has 3 rings (SSSR count). The van der Waals surface area contributed by atoms with Crippen molar-refractivity contribution >= 4 is 29.2 Å². The van der Waals surface area contributed by atoms with Crippen LogP contribution < -0.4 is 5.32 Å². The predicted octanol–water partition coefficient (Wildman–Crippen LogP) is 3.67. The minimum atomic E-state index is -0.0979. The van der Waals surface area contributed by atoms with E-state index in [2.05, 4.69) is 5.32 Å². The molecular formula is C20H28ClN3O3. The Morgan fingerprint density at radius 2 is 1.78 bits per heavy atom. The molecule has 0 unspecified atom stereocenters. The normalized spacial score (nSPS) is 19.0. The van der Waals surface area contributed by atoms with Crippen LogP contribution in [0.15, 0.2) is 18.2 Å². The molecule has 1 aromatic carbocycles. The standard InChI is InChI=1S/C20H28ClN3O3/c1-14-13-16(21)3-4-19(14)22-20(26)23-9-5-17(6-10-23)24(15(2)25)18-7-11-27-12-8-18/h3-4,13,17-18H,5-12H2,1-2H3,(H,22,26). The minimum absolute atomic E-state index is 0.0979. The number of hydrogen-bond acceptors (Lipinski definition) is 3. The highest BCUT2D eigenvalue weighted by Crippen LogP contribution is 2.25. The van der Waals surface area contributed by atoms with E-state index in [4.69, 9.17) is 16.3 Å². The van der Waals surface area contributed by atoms with Gasteiger partial charge in [0.05, 0.1) is 0 Å².